The predicted molar refractivity (Wildman–Crippen MR) is 137 cm³/mol. The van der Waals surface area contributed by atoms with E-state index in [0.717, 1.165) is 19.6 Å². The van der Waals surface area contributed by atoms with Crippen molar-refractivity contribution in [3.05, 3.63) is 57.0 Å². The quantitative estimate of drug-likeness (QED) is 0.367. The van der Waals surface area contributed by atoms with E-state index in [0.29, 0.717) is 44.8 Å². The maximum absolute atomic E-state index is 13.5. The van der Waals surface area contributed by atoms with Crippen molar-refractivity contribution in [2.75, 3.05) is 19.7 Å². The third-order valence-corrected chi connectivity index (χ3v) is 7.92. The van der Waals surface area contributed by atoms with E-state index in [1.54, 1.807) is 11.3 Å². The van der Waals surface area contributed by atoms with Gasteiger partial charge in [0.2, 0.25) is 0 Å². The summed E-state index contributed by atoms with van der Waals surface area (Å²) in [6, 6.07) is 12.8. The summed E-state index contributed by atoms with van der Waals surface area (Å²) < 4.78 is 9.44. The van der Waals surface area contributed by atoms with Crippen molar-refractivity contribution in [3.8, 4) is 0 Å². The number of piperidine rings is 1. The van der Waals surface area contributed by atoms with Gasteiger partial charge in [-0.25, -0.2) is 0 Å². The number of likely N-dealkylation sites (tertiary alicyclic amines) is 1. The molecule has 0 N–H and O–H groups in total. The second-order valence-electron chi connectivity index (χ2n) is 9.68. The summed E-state index contributed by atoms with van der Waals surface area (Å²) in [6.07, 6.45) is 1.30. The highest BCUT2D eigenvalue weighted by Gasteiger charge is 2.30. The number of hydrogen-bond donors (Lipinski definition) is 0. The SMILES string of the molecule is CCOC(=O)C1CCN(C(=O)c2cc3sc(Br)cc3n2Cc2ccc(C(C)(C)C)cc2)CC1. The second-order valence-corrected chi connectivity index (χ2v) is 12.1. The summed E-state index contributed by atoms with van der Waals surface area (Å²) in [6.45, 7) is 10.6. The summed E-state index contributed by atoms with van der Waals surface area (Å²) in [5, 5.41) is 0. The lowest BCUT2D eigenvalue weighted by Gasteiger charge is -2.31. The molecule has 7 heteroatoms. The van der Waals surface area contributed by atoms with Gasteiger partial charge in [0.25, 0.3) is 5.91 Å². The van der Waals surface area contributed by atoms with Crippen molar-refractivity contribution in [1.82, 2.24) is 9.47 Å². The molecule has 1 aliphatic rings. The molecule has 1 saturated heterocycles. The third-order valence-electron chi connectivity index (χ3n) is 6.34. The lowest BCUT2D eigenvalue weighted by atomic mass is 9.87. The Bertz CT molecular complexity index is 1150. The molecule has 33 heavy (non-hydrogen) atoms. The monoisotopic (exact) mass is 530 g/mol. The Labute approximate surface area is 207 Å². The van der Waals surface area contributed by atoms with E-state index in [1.165, 1.54) is 5.56 Å². The molecule has 1 fully saturated rings. The van der Waals surface area contributed by atoms with Crippen LogP contribution in [-0.4, -0.2) is 41.0 Å². The topological polar surface area (TPSA) is 51.5 Å². The third kappa shape index (κ3) is 5.19. The Morgan fingerprint density at radius 3 is 2.39 bits per heavy atom. The fraction of sp³-hybridized carbons (Fsp3) is 0.462. The number of amides is 1. The van der Waals surface area contributed by atoms with Gasteiger partial charge >= 0.3 is 5.97 Å². The number of halogens is 1. The first kappa shape index (κ1) is 24.0. The molecule has 1 aromatic carbocycles. The normalized spacial score (nSPS) is 15.2. The molecule has 0 atom stereocenters. The van der Waals surface area contributed by atoms with E-state index in [4.69, 9.17) is 4.74 Å². The predicted octanol–water partition coefficient (Wildman–Crippen LogP) is 6.23. The van der Waals surface area contributed by atoms with Crippen LogP contribution in [0.5, 0.6) is 0 Å². The standard InChI is InChI=1S/C26H31BrN2O3S/c1-5-32-25(31)18-10-12-28(13-11-18)24(30)21-14-22-20(15-23(27)33-22)29(21)16-17-6-8-19(9-7-17)26(2,3)4/h6-9,14-15,18H,5,10-13,16H2,1-4H3. The molecule has 0 spiro atoms. The van der Waals surface area contributed by atoms with Crippen LogP contribution in [0.4, 0.5) is 0 Å². The summed E-state index contributed by atoms with van der Waals surface area (Å²) in [5.41, 5.74) is 4.34. The molecule has 0 radical (unpaired) electrons. The van der Waals surface area contributed by atoms with Gasteiger partial charge in [-0.05, 0) is 64.4 Å². The first-order valence-corrected chi connectivity index (χ1v) is 13.1. The van der Waals surface area contributed by atoms with Crippen LogP contribution in [0, 0.1) is 5.92 Å². The maximum Gasteiger partial charge on any atom is 0.309 e. The molecular weight excluding hydrogens is 500 g/mol. The molecule has 3 aromatic rings. The fourth-order valence-electron chi connectivity index (χ4n) is 4.39. The van der Waals surface area contributed by atoms with Crippen molar-refractivity contribution >= 4 is 49.4 Å². The summed E-state index contributed by atoms with van der Waals surface area (Å²) in [5.74, 6) is -0.221. The number of esters is 1. The summed E-state index contributed by atoms with van der Waals surface area (Å²) >= 11 is 5.23. The van der Waals surface area contributed by atoms with Crippen LogP contribution in [0.25, 0.3) is 10.2 Å². The van der Waals surface area contributed by atoms with E-state index in [-0.39, 0.29) is 23.2 Å². The van der Waals surface area contributed by atoms with E-state index in [2.05, 4.69) is 71.6 Å². The zero-order valence-corrected chi connectivity index (χ0v) is 22.1. The zero-order chi connectivity index (χ0) is 23.8. The minimum absolute atomic E-state index is 0.0307. The number of rotatable bonds is 5. The number of benzene rings is 1. The number of ether oxygens (including phenoxy) is 1. The van der Waals surface area contributed by atoms with Crippen molar-refractivity contribution in [2.24, 2.45) is 5.92 Å². The average Bonchev–Trinajstić information content (AvgIpc) is 3.30. The molecule has 0 saturated carbocycles. The number of fused-ring (bicyclic) bond motifs is 1. The number of thiophene rings is 1. The van der Waals surface area contributed by atoms with Gasteiger partial charge in [0.15, 0.2) is 0 Å². The Hall–Kier alpha value is -2.12. The van der Waals surface area contributed by atoms with E-state index in [9.17, 15) is 9.59 Å². The average molecular weight is 532 g/mol. The maximum atomic E-state index is 13.5. The number of carbonyl (C=O) groups excluding carboxylic acids is 2. The fourth-order valence-corrected chi connectivity index (χ4v) is 5.96. The Morgan fingerprint density at radius 2 is 1.79 bits per heavy atom. The van der Waals surface area contributed by atoms with Gasteiger partial charge in [0.05, 0.1) is 26.5 Å². The van der Waals surface area contributed by atoms with Crippen LogP contribution in [0.2, 0.25) is 0 Å². The highest BCUT2D eigenvalue weighted by molar-refractivity contribution is 9.11. The van der Waals surface area contributed by atoms with Crippen molar-refractivity contribution < 1.29 is 14.3 Å². The first-order valence-electron chi connectivity index (χ1n) is 11.5. The van der Waals surface area contributed by atoms with Gasteiger partial charge in [-0.3, -0.25) is 9.59 Å². The smallest absolute Gasteiger partial charge is 0.309 e. The molecule has 1 aliphatic heterocycles. The molecular formula is C26H31BrN2O3S. The summed E-state index contributed by atoms with van der Waals surface area (Å²) in [7, 11) is 0. The van der Waals surface area contributed by atoms with Crippen LogP contribution in [-0.2, 0) is 21.5 Å². The Balaban J connectivity index is 1.57. The molecule has 2 aromatic heterocycles. The molecule has 0 unspecified atom stereocenters. The number of aromatic nitrogens is 1. The molecule has 0 aliphatic carbocycles. The van der Waals surface area contributed by atoms with Crippen LogP contribution in [0.15, 0.2) is 40.2 Å². The van der Waals surface area contributed by atoms with Crippen LogP contribution >= 0.6 is 27.3 Å². The van der Waals surface area contributed by atoms with Gasteiger partial charge in [-0.1, -0.05) is 45.0 Å². The van der Waals surface area contributed by atoms with Gasteiger partial charge in [0.1, 0.15) is 5.69 Å². The largest absolute Gasteiger partial charge is 0.466 e. The Morgan fingerprint density at radius 1 is 1.12 bits per heavy atom. The Kier molecular flexibility index (Phi) is 7.01. The van der Waals surface area contributed by atoms with Crippen molar-refractivity contribution in [3.63, 3.8) is 0 Å². The summed E-state index contributed by atoms with van der Waals surface area (Å²) in [4.78, 5) is 27.5. The van der Waals surface area contributed by atoms with Crippen molar-refractivity contribution in [2.45, 2.75) is 52.5 Å². The number of nitrogens with zero attached hydrogens (tertiary/aromatic N) is 2. The second kappa shape index (κ2) is 9.63. The van der Waals surface area contributed by atoms with Crippen LogP contribution in [0.3, 0.4) is 0 Å². The van der Waals surface area contributed by atoms with Crippen LogP contribution in [0.1, 0.15) is 62.2 Å². The van der Waals surface area contributed by atoms with E-state index < -0.39 is 0 Å². The molecule has 4 rings (SSSR count). The molecule has 1 amide bonds. The molecule has 5 nitrogen and oxygen atoms in total. The minimum Gasteiger partial charge on any atom is -0.466 e. The minimum atomic E-state index is -0.142. The van der Waals surface area contributed by atoms with Gasteiger partial charge in [0, 0.05) is 19.6 Å². The lowest BCUT2D eigenvalue weighted by Crippen LogP contribution is -2.41. The zero-order valence-electron chi connectivity index (χ0n) is 19.7. The molecule has 0 bridgehead atoms. The highest BCUT2D eigenvalue weighted by atomic mass is 79.9. The number of hydrogen-bond acceptors (Lipinski definition) is 4. The van der Waals surface area contributed by atoms with Gasteiger partial charge in [-0.2, -0.15) is 0 Å². The highest BCUT2D eigenvalue weighted by Crippen LogP contribution is 2.34. The van der Waals surface area contributed by atoms with E-state index >= 15 is 0 Å². The molecule has 176 valence electrons. The molecule has 3 heterocycles. The lowest BCUT2D eigenvalue weighted by molar-refractivity contribution is -0.149. The van der Waals surface area contributed by atoms with Gasteiger partial charge < -0.3 is 14.2 Å². The van der Waals surface area contributed by atoms with Crippen LogP contribution < -0.4 is 0 Å². The van der Waals surface area contributed by atoms with E-state index in [1.807, 2.05) is 17.9 Å². The van der Waals surface area contributed by atoms with Crippen molar-refractivity contribution in [1.29, 1.82) is 0 Å². The first-order chi connectivity index (χ1) is 15.7. The number of carbonyl (C=O) groups is 2. The van der Waals surface area contributed by atoms with Gasteiger partial charge in [-0.15, -0.1) is 11.3 Å².